The Morgan fingerprint density at radius 2 is 2.18 bits per heavy atom. The van der Waals surface area contributed by atoms with Gasteiger partial charge in [-0.2, -0.15) is 0 Å². The summed E-state index contributed by atoms with van der Waals surface area (Å²) in [6, 6.07) is 8.61. The predicted molar refractivity (Wildman–Crippen MR) is 73.2 cm³/mol. The lowest BCUT2D eigenvalue weighted by Gasteiger charge is -2.23. The fourth-order valence-electron chi connectivity index (χ4n) is 1.78. The highest BCUT2D eigenvalue weighted by atomic mass is 32.1. The first kappa shape index (κ1) is 12.3. The van der Waals surface area contributed by atoms with E-state index in [1.165, 1.54) is 10.4 Å². The van der Waals surface area contributed by atoms with Crippen LogP contribution in [0.1, 0.15) is 29.1 Å². The molecule has 0 amide bonds. The Bertz CT molecular complexity index is 464. The van der Waals surface area contributed by atoms with Crippen LogP contribution in [0.5, 0.6) is 0 Å². The molecule has 2 rings (SSSR count). The zero-order valence-corrected chi connectivity index (χ0v) is 11.4. The second-order valence-electron chi connectivity index (χ2n) is 4.37. The van der Waals surface area contributed by atoms with E-state index in [2.05, 4.69) is 48.3 Å². The third-order valence-electron chi connectivity index (χ3n) is 3.14. The molecule has 3 heteroatoms. The number of pyridine rings is 1. The van der Waals surface area contributed by atoms with Crippen LogP contribution in [0.4, 0.5) is 0 Å². The molecule has 0 N–H and O–H groups in total. The van der Waals surface area contributed by atoms with Crippen molar-refractivity contribution in [1.29, 1.82) is 0 Å². The molecule has 0 saturated carbocycles. The Morgan fingerprint density at radius 1 is 1.35 bits per heavy atom. The Kier molecular flexibility index (Phi) is 3.92. The standard InChI is InChI=1S/C14H18N2S/c1-11-7-9-17-14(11)10-16(3)12(2)13-6-4-5-8-15-13/h4-9,12H,10H2,1-3H3/t12-/m0/s1. The van der Waals surface area contributed by atoms with E-state index in [9.17, 15) is 0 Å². The Balaban J connectivity index is 2.06. The normalized spacial score (nSPS) is 12.9. The molecule has 2 heterocycles. The van der Waals surface area contributed by atoms with Gasteiger partial charge in [0.05, 0.1) is 5.69 Å². The van der Waals surface area contributed by atoms with Gasteiger partial charge >= 0.3 is 0 Å². The largest absolute Gasteiger partial charge is 0.293 e. The van der Waals surface area contributed by atoms with Crippen LogP contribution < -0.4 is 0 Å². The zero-order valence-electron chi connectivity index (χ0n) is 10.6. The predicted octanol–water partition coefficient (Wildman–Crippen LogP) is 3.64. The summed E-state index contributed by atoms with van der Waals surface area (Å²) in [6.07, 6.45) is 1.86. The molecule has 0 aromatic carbocycles. The molecule has 0 aliphatic rings. The highest BCUT2D eigenvalue weighted by Gasteiger charge is 2.14. The van der Waals surface area contributed by atoms with Gasteiger partial charge in [0.1, 0.15) is 0 Å². The van der Waals surface area contributed by atoms with Crippen LogP contribution in [0.25, 0.3) is 0 Å². The second-order valence-corrected chi connectivity index (χ2v) is 5.37. The van der Waals surface area contributed by atoms with Crippen LogP contribution in [0.2, 0.25) is 0 Å². The van der Waals surface area contributed by atoms with E-state index in [0.29, 0.717) is 6.04 Å². The fourth-order valence-corrected chi connectivity index (χ4v) is 2.75. The average molecular weight is 246 g/mol. The highest BCUT2D eigenvalue weighted by Crippen LogP contribution is 2.22. The first-order valence-electron chi connectivity index (χ1n) is 5.82. The van der Waals surface area contributed by atoms with E-state index in [0.717, 1.165) is 12.2 Å². The molecule has 0 saturated heterocycles. The van der Waals surface area contributed by atoms with Gasteiger partial charge in [0.2, 0.25) is 0 Å². The second kappa shape index (κ2) is 5.43. The zero-order chi connectivity index (χ0) is 12.3. The first-order valence-corrected chi connectivity index (χ1v) is 6.70. The molecule has 17 heavy (non-hydrogen) atoms. The molecule has 2 nitrogen and oxygen atoms in total. The van der Waals surface area contributed by atoms with Crippen molar-refractivity contribution in [3.05, 3.63) is 52.0 Å². The Hall–Kier alpha value is -1.19. The minimum absolute atomic E-state index is 0.345. The van der Waals surface area contributed by atoms with Crippen LogP contribution >= 0.6 is 11.3 Å². The minimum Gasteiger partial charge on any atom is -0.293 e. The lowest BCUT2D eigenvalue weighted by atomic mass is 10.2. The number of rotatable bonds is 4. The molecular formula is C14H18N2S. The SMILES string of the molecule is Cc1ccsc1CN(C)[C@@H](C)c1ccccn1. The van der Waals surface area contributed by atoms with Crippen LogP contribution in [0.15, 0.2) is 35.8 Å². The summed E-state index contributed by atoms with van der Waals surface area (Å²) < 4.78 is 0. The summed E-state index contributed by atoms with van der Waals surface area (Å²) in [5.41, 5.74) is 2.51. The van der Waals surface area contributed by atoms with Gasteiger partial charge in [-0.05, 0) is 50.0 Å². The third kappa shape index (κ3) is 2.93. The van der Waals surface area contributed by atoms with Gasteiger partial charge in [0.25, 0.3) is 0 Å². The van der Waals surface area contributed by atoms with E-state index >= 15 is 0 Å². The molecule has 0 unspecified atom stereocenters. The average Bonchev–Trinajstić information content (AvgIpc) is 2.75. The maximum atomic E-state index is 4.41. The molecule has 0 radical (unpaired) electrons. The van der Waals surface area contributed by atoms with E-state index < -0.39 is 0 Å². The molecule has 1 atom stereocenters. The van der Waals surface area contributed by atoms with Crippen molar-refractivity contribution in [2.45, 2.75) is 26.4 Å². The lowest BCUT2D eigenvalue weighted by molar-refractivity contribution is 0.250. The molecule has 0 spiro atoms. The fraction of sp³-hybridized carbons (Fsp3) is 0.357. The number of nitrogens with zero attached hydrogens (tertiary/aromatic N) is 2. The van der Waals surface area contributed by atoms with E-state index in [1.807, 2.05) is 29.7 Å². The van der Waals surface area contributed by atoms with Crippen LogP contribution in [0, 0.1) is 6.92 Å². The number of aryl methyl sites for hydroxylation is 1. The lowest BCUT2D eigenvalue weighted by Crippen LogP contribution is -2.22. The van der Waals surface area contributed by atoms with Crippen molar-refractivity contribution < 1.29 is 0 Å². The van der Waals surface area contributed by atoms with Gasteiger partial charge in [-0.1, -0.05) is 6.07 Å². The van der Waals surface area contributed by atoms with Crippen molar-refractivity contribution >= 4 is 11.3 Å². The van der Waals surface area contributed by atoms with E-state index in [1.54, 1.807) is 0 Å². The van der Waals surface area contributed by atoms with Crippen molar-refractivity contribution in [3.8, 4) is 0 Å². The molecule has 0 aliphatic carbocycles. The van der Waals surface area contributed by atoms with Gasteiger partial charge in [-0.15, -0.1) is 11.3 Å². The monoisotopic (exact) mass is 246 g/mol. The van der Waals surface area contributed by atoms with Crippen molar-refractivity contribution in [2.75, 3.05) is 7.05 Å². The van der Waals surface area contributed by atoms with Gasteiger partial charge in [0, 0.05) is 23.7 Å². The third-order valence-corrected chi connectivity index (χ3v) is 4.15. The van der Waals surface area contributed by atoms with Gasteiger partial charge in [-0.3, -0.25) is 9.88 Å². The molecule has 90 valence electrons. The summed E-state index contributed by atoms with van der Waals surface area (Å²) in [5, 5.41) is 2.16. The molecule has 2 aromatic rings. The Morgan fingerprint density at radius 3 is 2.76 bits per heavy atom. The first-order chi connectivity index (χ1) is 8.18. The van der Waals surface area contributed by atoms with Crippen LogP contribution in [-0.2, 0) is 6.54 Å². The van der Waals surface area contributed by atoms with Crippen LogP contribution in [-0.4, -0.2) is 16.9 Å². The van der Waals surface area contributed by atoms with Crippen molar-refractivity contribution in [1.82, 2.24) is 9.88 Å². The van der Waals surface area contributed by atoms with E-state index in [4.69, 9.17) is 0 Å². The summed E-state index contributed by atoms with van der Waals surface area (Å²) in [5.74, 6) is 0. The van der Waals surface area contributed by atoms with Gasteiger partial charge in [0.15, 0.2) is 0 Å². The molecule has 0 fully saturated rings. The maximum absolute atomic E-state index is 4.41. The van der Waals surface area contributed by atoms with Crippen molar-refractivity contribution in [2.24, 2.45) is 0 Å². The molecule has 0 aliphatic heterocycles. The molecule has 0 bridgehead atoms. The van der Waals surface area contributed by atoms with Crippen molar-refractivity contribution in [3.63, 3.8) is 0 Å². The topological polar surface area (TPSA) is 16.1 Å². The highest BCUT2D eigenvalue weighted by molar-refractivity contribution is 7.10. The quantitative estimate of drug-likeness (QED) is 0.818. The number of hydrogen-bond donors (Lipinski definition) is 0. The summed E-state index contributed by atoms with van der Waals surface area (Å²) in [7, 11) is 2.15. The molecule has 2 aromatic heterocycles. The summed E-state index contributed by atoms with van der Waals surface area (Å²) >= 11 is 1.83. The summed E-state index contributed by atoms with van der Waals surface area (Å²) in [6.45, 7) is 5.36. The minimum atomic E-state index is 0.345. The van der Waals surface area contributed by atoms with Gasteiger partial charge < -0.3 is 0 Å². The number of hydrogen-bond acceptors (Lipinski definition) is 3. The Labute approximate surface area is 107 Å². The van der Waals surface area contributed by atoms with Crippen LogP contribution in [0.3, 0.4) is 0 Å². The smallest absolute Gasteiger partial charge is 0.0572 e. The number of aromatic nitrogens is 1. The van der Waals surface area contributed by atoms with E-state index in [-0.39, 0.29) is 0 Å². The number of thiophene rings is 1. The van der Waals surface area contributed by atoms with Gasteiger partial charge in [-0.25, -0.2) is 0 Å². The summed E-state index contributed by atoms with van der Waals surface area (Å²) in [4.78, 5) is 8.19. The molecular weight excluding hydrogens is 228 g/mol. The maximum Gasteiger partial charge on any atom is 0.0572 e.